The van der Waals surface area contributed by atoms with E-state index >= 15 is 0 Å². The highest BCUT2D eigenvalue weighted by atomic mass is 16.3. The van der Waals surface area contributed by atoms with Crippen molar-refractivity contribution >= 4 is 0 Å². The first kappa shape index (κ1) is 6.92. The molecule has 0 spiro atoms. The van der Waals surface area contributed by atoms with Crippen molar-refractivity contribution in [2.75, 3.05) is 0 Å². The van der Waals surface area contributed by atoms with Crippen LogP contribution in [0.3, 0.4) is 0 Å². The number of aliphatic hydroxyl groups is 1. The Morgan fingerprint density at radius 2 is 2.42 bits per heavy atom. The number of rotatable bonds is 2. The van der Waals surface area contributed by atoms with Gasteiger partial charge >= 0.3 is 0 Å². The normalized spacial score (nSPS) is 10.4. The molecule has 2 rings (SSSR count). The topological polar surface area (TPSA) is 92.5 Å². The number of nitrogens with one attached hydrogen (secondary N) is 1. The number of hydrogen-bond donors (Lipinski definition) is 2. The zero-order chi connectivity index (χ0) is 8.39. The number of nitrogens with zero attached hydrogens (tertiary/aromatic N) is 5. The fourth-order valence-electron chi connectivity index (χ4n) is 0.785. The molecule has 0 atom stereocenters. The second-order valence-corrected chi connectivity index (χ2v) is 2.13. The SMILES string of the molecule is OCc1cn(-c2nnc[nH]2)nn1. The smallest absolute Gasteiger partial charge is 0.250 e. The quantitative estimate of drug-likeness (QED) is 0.589. The van der Waals surface area contributed by atoms with Gasteiger partial charge in [0.15, 0.2) is 0 Å². The van der Waals surface area contributed by atoms with Crippen LogP contribution in [0.4, 0.5) is 0 Å². The van der Waals surface area contributed by atoms with E-state index in [0.717, 1.165) is 0 Å². The molecule has 7 heteroatoms. The maximum absolute atomic E-state index is 8.69. The lowest BCUT2D eigenvalue weighted by Crippen LogP contribution is -1.96. The van der Waals surface area contributed by atoms with E-state index in [1.165, 1.54) is 11.0 Å². The minimum absolute atomic E-state index is 0.131. The predicted molar refractivity (Wildman–Crippen MR) is 37.2 cm³/mol. The van der Waals surface area contributed by atoms with Gasteiger partial charge < -0.3 is 10.1 Å². The summed E-state index contributed by atoms with van der Waals surface area (Å²) in [4.78, 5) is 2.75. The summed E-state index contributed by atoms with van der Waals surface area (Å²) >= 11 is 0. The molecular weight excluding hydrogens is 160 g/mol. The van der Waals surface area contributed by atoms with Gasteiger partial charge in [0.05, 0.1) is 12.8 Å². The molecule has 0 saturated heterocycles. The Balaban J connectivity index is 2.35. The summed E-state index contributed by atoms with van der Waals surface area (Å²) in [6.45, 7) is -0.131. The molecule has 7 nitrogen and oxygen atoms in total. The third kappa shape index (κ3) is 1.05. The molecule has 0 aromatic carbocycles. The van der Waals surface area contributed by atoms with Crippen molar-refractivity contribution in [1.29, 1.82) is 0 Å². The summed E-state index contributed by atoms with van der Waals surface area (Å²) in [5, 5.41) is 23.3. The van der Waals surface area contributed by atoms with E-state index in [9.17, 15) is 0 Å². The molecule has 2 heterocycles. The van der Waals surface area contributed by atoms with Crippen LogP contribution in [-0.2, 0) is 6.61 Å². The molecule has 62 valence electrons. The second kappa shape index (κ2) is 2.70. The van der Waals surface area contributed by atoms with Crippen LogP contribution >= 0.6 is 0 Å². The third-order valence-electron chi connectivity index (χ3n) is 1.32. The van der Waals surface area contributed by atoms with Crippen molar-refractivity contribution in [2.24, 2.45) is 0 Å². The molecule has 12 heavy (non-hydrogen) atoms. The van der Waals surface area contributed by atoms with Gasteiger partial charge in [0.1, 0.15) is 12.0 Å². The van der Waals surface area contributed by atoms with E-state index in [4.69, 9.17) is 5.11 Å². The van der Waals surface area contributed by atoms with Gasteiger partial charge in [-0.2, -0.15) is 4.68 Å². The van der Waals surface area contributed by atoms with E-state index in [2.05, 4.69) is 25.5 Å². The van der Waals surface area contributed by atoms with Gasteiger partial charge in [-0.05, 0) is 0 Å². The fraction of sp³-hybridized carbons (Fsp3) is 0.200. The second-order valence-electron chi connectivity index (χ2n) is 2.13. The Kier molecular flexibility index (Phi) is 1.56. The monoisotopic (exact) mass is 166 g/mol. The van der Waals surface area contributed by atoms with Crippen LogP contribution in [-0.4, -0.2) is 35.3 Å². The van der Waals surface area contributed by atoms with E-state index in [0.29, 0.717) is 11.6 Å². The lowest BCUT2D eigenvalue weighted by atomic mass is 10.5. The molecule has 2 N–H and O–H groups in total. The summed E-state index contributed by atoms with van der Waals surface area (Å²) in [6, 6.07) is 0. The molecule has 0 bridgehead atoms. The van der Waals surface area contributed by atoms with E-state index in [-0.39, 0.29) is 6.61 Å². The predicted octanol–water partition coefficient (Wildman–Crippen LogP) is -1.12. The van der Waals surface area contributed by atoms with Crippen LogP contribution < -0.4 is 0 Å². The van der Waals surface area contributed by atoms with Gasteiger partial charge in [0, 0.05) is 0 Å². The van der Waals surface area contributed by atoms with Crippen LogP contribution in [0.1, 0.15) is 5.69 Å². The summed E-state index contributed by atoms with van der Waals surface area (Å²) in [5.41, 5.74) is 0.492. The van der Waals surface area contributed by atoms with Gasteiger partial charge in [0.25, 0.3) is 5.95 Å². The van der Waals surface area contributed by atoms with Gasteiger partial charge in [-0.25, -0.2) is 0 Å². The highest BCUT2D eigenvalue weighted by Crippen LogP contribution is 1.97. The summed E-state index contributed by atoms with van der Waals surface area (Å²) < 4.78 is 1.40. The Morgan fingerprint density at radius 3 is 3.00 bits per heavy atom. The first-order valence-corrected chi connectivity index (χ1v) is 3.28. The molecule has 2 aromatic rings. The van der Waals surface area contributed by atoms with Crippen LogP contribution in [0.5, 0.6) is 0 Å². The Morgan fingerprint density at radius 1 is 1.50 bits per heavy atom. The van der Waals surface area contributed by atoms with Gasteiger partial charge in [-0.3, -0.25) is 0 Å². The minimum Gasteiger partial charge on any atom is -0.390 e. The van der Waals surface area contributed by atoms with Crippen molar-refractivity contribution in [2.45, 2.75) is 6.61 Å². The van der Waals surface area contributed by atoms with Crippen molar-refractivity contribution < 1.29 is 5.11 Å². The number of aromatic nitrogens is 6. The molecule has 0 aliphatic rings. The molecular formula is C5H6N6O. The number of aliphatic hydroxyl groups excluding tert-OH is 1. The summed E-state index contributed by atoms with van der Waals surface area (Å²) in [6.07, 6.45) is 3.01. The fourth-order valence-corrected chi connectivity index (χ4v) is 0.785. The lowest BCUT2D eigenvalue weighted by molar-refractivity contribution is 0.276. The molecule has 0 aliphatic heterocycles. The van der Waals surface area contributed by atoms with Crippen LogP contribution in [0, 0.1) is 0 Å². The van der Waals surface area contributed by atoms with E-state index in [1.807, 2.05) is 0 Å². The van der Waals surface area contributed by atoms with Crippen LogP contribution in [0.15, 0.2) is 12.5 Å². The summed E-state index contributed by atoms with van der Waals surface area (Å²) in [5.74, 6) is 0.474. The standard InChI is InChI=1S/C5H6N6O/c12-2-4-1-11(10-8-4)5-6-3-7-9-5/h1,3,12H,2H2,(H,6,7,9). The van der Waals surface area contributed by atoms with E-state index in [1.54, 1.807) is 6.20 Å². The van der Waals surface area contributed by atoms with E-state index < -0.39 is 0 Å². The molecule has 0 saturated carbocycles. The van der Waals surface area contributed by atoms with Gasteiger partial charge in [0.2, 0.25) is 0 Å². The average molecular weight is 166 g/mol. The first-order chi connectivity index (χ1) is 5.90. The van der Waals surface area contributed by atoms with Crippen molar-refractivity contribution in [1.82, 2.24) is 30.2 Å². The highest BCUT2D eigenvalue weighted by molar-refractivity contribution is 5.05. The zero-order valence-electron chi connectivity index (χ0n) is 6.05. The van der Waals surface area contributed by atoms with Crippen LogP contribution in [0.2, 0.25) is 0 Å². The maximum atomic E-state index is 8.69. The van der Waals surface area contributed by atoms with Gasteiger partial charge in [-0.1, -0.05) is 5.21 Å². The van der Waals surface area contributed by atoms with Crippen molar-refractivity contribution in [3.8, 4) is 5.95 Å². The van der Waals surface area contributed by atoms with Crippen molar-refractivity contribution in [3.05, 3.63) is 18.2 Å². The Hall–Kier alpha value is -1.76. The maximum Gasteiger partial charge on any atom is 0.250 e. The third-order valence-corrected chi connectivity index (χ3v) is 1.32. The lowest BCUT2D eigenvalue weighted by Gasteiger charge is -1.88. The van der Waals surface area contributed by atoms with Gasteiger partial charge in [-0.15, -0.1) is 15.3 Å². The summed E-state index contributed by atoms with van der Waals surface area (Å²) in [7, 11) is 0. The largest absolute Gasteiger partial charge is 0.390 e. The molecule has 0 radical (unpaired) electrons. The zero-order valence-corrected chi connectivity index (χ0v) is 6.05. The van der Waals surface area contributed by atoms with Crippen molar-refractivity contribution in [3.63, 3.8) is 0 Å². The highest BCUT2D eigenvalue weighted by Gasteiger charge is 2.02. The molecule has 0 aliphatic carbocycles. The number of hydrogen-bond acceptors (Lipinski definition) is 5. The Labute approximate surface area is 67.1 Å². The number of aromatic amines is 1. The first-order valence-electron chi connectivity index (χ1n) is 3.28. The van der Waals surface area contributed by atoms with Crippen LogP contribution in [0.25, 0.3) is 5.95 Å². The molecule has 2 aromatic heterocycles. The molecule has 0 amide bonds. The molecule has 0 fully saturated rings. The molecule has 0 unspecified atom stereocenters. The minimum atomic E-state index is -0.131. The Bertz CT molecular complexity index is 352. The average Bonchev–Trinajstić information content (AvgIpc) is 2.75. The number of H-pyrrole nitrogens is 1.